The first-order valence-electron chi connectivity index (χ1n) is 6.92. The maximum Gasteiger partial charge on any atom is 0.258 e. The lowest BCUT2D eigenvalue weighted by Gasteiger charge is -2.18. The van der Waals surface area contributed by atoms with Gasteiger partial charge in [0.2, 0.25) is 0 Å². The molecule has 0 aliphatic heterocycles. The van der Waals surface area contributed by atoms with Crippen LogP contribution < -0.4 is 15.4 Å². The minimum atomic E-state index is -0.145. The second kappa shape index (κ2) is 8.38. The first-order chi connectivity index (χ1) is 9.58. The predicted octanol–water partition coefficient (Wildman–Crippen LogP) is 2.35. The Hall–Kier alpha value is -1.81. The number of aryl methyl sites for hydroxylation is 1. The highest BCUT2D eigenvalue weighted by Gasteiger charge is 2.12. The Labute approximate surface area is 121 Å². The Balaban J connectivity index is 2.74. The highest BCUT2D eigenvalue weighted by Crippen LogP contribution is 2.26. The Morgan fingerprint density at radius 2 is 2.25 bits per heavy atom. The van der Waals surface area contributed by atoms with Crippen molar-refractivity contribution in [1.29, 1.82) is 0 Å². The molecular weight excluding hydrogens is 252 g/mol. The Morgan fingerprint density at radius 1 is 1.50 bits per heavy atom. The zero-order valence-corrected chi connectivity index (χ0v) is 12.5. The molecule has 0 spiro atoms. The Morgan fingerprint density at radius 3 is 2.90 bits per heavy atom. The van der Waals surface area contributed by atoms with Gasteiger partial charge in [0.25, 0.3) is 5.91 Å². The molecule has 1 atom stereocenters. The summed E-state index contributed by atoms with van der Waals surface area (Å²) in [5.74, 6) is 0.612. The average Bonchev–Trinajstić information content (AvgIpc) is 2.43. The van der Waals surface area contributed by atoms with Gasteiger partial charge in [0.15, 0.2) is 6.61 Å². The van der Waals surface area contributed by atoms with Gasteiger partial charge in [-0.2, -0.15) is 0 Å². The fraction of sp³-hybridized carbons (Fsp3) is 0.438. The van der Waals surface area contributed by atoms with Gasteiger partial charge in [-0.15, -0.1) is 6.58 Å². The van der Waals surface area contributed by atoms with E-state index >= 15 is 0 Å². The fourth-order valence-corrected chi connectivity index (χ4v) is 1.92. The molecule has 4 heteroatoms. The minimum absolute atomic E-state index is 0.0170. The van der Waals surface area contributed by atoms with Gasteiger partial charge >= 0.3 is 0 Å². The van der Waals surface area contributed by atoms with Crippen LogP contribution in [0.5, 0.6) is 5.75 Å². The first kappa shape index (κ1) is 16.2. The highest BCUT2D eigenvalue weighted by molar-refractivity contribution is 5.77. The molecular formula is C16H24N2O2. The van der Waals surface area contributed by atoms with Crippen molar-refractivity contribution in [2.75, 3.05) is 19.7 Å². The normalized spacial score (nSPS) is 11.8. The molecule has 0 fully saturated rings. The van der Waals surface area contributed by atoms with Crippen molar-refractivity contribution < 1.29 is 9.53 Å². The largest absolute Gasteiger partial charge is 0.483 e. The van der Waals surface area contributed by atoms with Gasteiger partial charge < -0.3 is 15.4 Å². The van der Waals surface area contributed by atoms with Gasteiger partial charge in [-0.05, 0) is 32.0 Å². The Bertz CT molecular complexity index is 458. The van der Waals surface area contributed by atoms with Gasteiger partial charge in [-0.1, -0.05) is 25.1 Å². The van der Waals surface area contributed by atoms with E-state index in [1.807, 2.05) is 25.1 Å². The lowest BCUT2D eigenvalue weighted by molar-refractivity contribution is -0.122. The summed E-state index contributed by atoms with van der Waals surface area (Å²) in [6.45, 7) is 11.1. The van der Waals surface area contributed by atoms with Crippen molar-refractivity contribution in [3.63, 3.8) is 0 Å². The number of hydrogen-bond donors (Lipinski definition) is 2. The van der Waals surface area contributed by atoms with Crippen molar-refractivity contribution in [2.24, 2.45) is 0 Å². The molecule has 0 saturated heterocycles. The summed E-state index contributed by atoms with van der Waals surface area (Å²) in [6.07, 6.45) is 1.64. The molecule has 20 heavy (non-hydrogen) atoms. The molecule has 1 aromatic carbocycles. The predicted molar refractivity (Wildman–Crippen MR) is 82.0 cm³/mol. The molecule has 1 aromatic rings. The molecule has 0 aliphatic carbocycles. The molecule has 0 aromatic heterocycles. The standard InChI is InChI=1S/C16H24N2O2/c1-5-9-18-16(19)11-20-15-10-12(3)7-8-14(15)13(4)17-6-2/h5,7-8,10,13,17H,1,6,9,11H2,2-4H3,(H,18,19). The molecule has 1 amide bonds. The number of hydrogen-bond acceptors (Lipinski definition) is 3. The number of carbonyl (C=O) groups is 1. The van der Waals surface area contributed by atoms with Crippen LogP contribution in [0, 0.1) is 6.92 Å². The van der Waals surface area contributed by atoms with E-state index in [9.17, 15) is 4.79 Å². The SMILES string of the molecule is C=CCNC(=O)COc1cc(C)ccc1C(C)NCC. The third-order valence-electron chi connectivity index (χ3n) is 2.95. The van der Waals surface area contributed by atoms with Crippen LogP contribution in [0.15, 0.2) is 30.9 Å². The lowest BCUT2D eigenvalue weighted by Crippen LogP contribution is -2.29. The van der Waals surface area contributed by atoms with Gasteiger partial charge in [-0.3, -0.25) is 4.79 Å². The summed E-state index contributed by atoms with van der Waals surface area (Å²) < 4.78 is 5.66. The van der Waals surface area contributed by atoms with Crippen molar-refractivity contribution in [3.05, 3.63) is 42.0 Å². The third-order valence-corrected chi connectivity index (χ3v) is 2.95. The summed E-state index contributed by atoms with van der Waals surface area (Å²) in [6, 6.07) is 6.24. The third kappa shape index (κ3) is 5.05. The average molecular weight is 276 g/mol. The van der Waals surface area contributed by atoms with E-state index in [0.29, 0.717) is 6.54 Å². The van der Waals surface area contributed by atoms with Crippen molar-refractivity contribution >= 4 is 5.91 Å². The maximum atomic E-state index is 11.6. The summed E-state index contributed by atoms with van der Waals surface area (Å²) >= 11 is 0. The summed E-state index contributed by atoms with van der Waals surface area (Å²) in [5, 5.41) is 6.04. The number of rotatable bonds is 8. The second-order valence-corrected chi connectivity index (χ2v) is 4.70. The fourth-order valence-electron chi connectivity index (χ4n) is 1.92. The van der Waals surface area contributed by atoms with Crippen molar-refractivity contribution in [1.82, 2.24) is 10.6 Å². The van der Waals surface area contributed by atoms with E-state index in [-0.39, 0.29) is 18.6 Å². The number of carbonyl (C=O) groups excluding carboxylic acids is 1. The van der Waals surface area contributed by atoms with Crippen molar-refractivity contribution in [3.8, 4) is 5.75 Å². The number of benzene rings is 1. The van der Waals surface area contributed by atoms with E-state index in [2.05, 4.69) is 31.1 Å². The van der Waals surface area contributed by atoms with E-state index in [0.717, 1.165) is 23.4 Å². The Kier molecular flexibility index (Phi) is 6.81. The molecule has 0 aliphatic rings. The van der Waals surface area contributed by atoms with Crippen LogP contribution in [0.3, 0.4) is 0 Å². The molecule has 0 saturated carbocycles. The molecule has 110 valence electrons. The van der Waals surface area contributed by atoms with Crippen LogP contribution in [-0.4, -0.2) is 25.6 Å². The summed E-state index contributed by atoms with van der Waals surface area (Å²) in [5.41, 5.74) is 2.17. The molecule has 1 rings (SSSR count). The zero-order chi connectivity index (χ0) is 15.0. The van der Waals surface area contributed by atoms with Crippen LogP contribution in [0.4, 0.5) is 0 Å². The smallest absolute Gasteiger partial charge is 0.258 e. The maximum absolute atomic E-state index is 11.6. The zero-order valence-electron chi connectivity index (χ0n) is 12.5. The molecule has 1 unspecified atom stereocenters. The lowest BCUT2D eigenvalue weighted by atomic mass is 10.0. The minimum Gasteiger partial charge on any atom is -0.483 e. The highest BCUT2D eigenvalue weighted by atomic mass is 16.5. The van der Waals surface area contributed by atoms with Crippen LogP contribution >= 0.6 is 0 Å². The van der Waals surface area contributed by atoms with E-state index in [4.69, 9.17) is 4.74 Å². The molecule has 4 nitrogen and oxygen atoms in total. The number of amides is 1. The van der Waals surface area contributed by atoms with Crippen molar-refractivity contribution in [2.45, 2.75) is 26.8 Å². The topological polar surface area (TPSA) is 50.4 Å². The molecule has 0 radical (unpaired) electrons. The van der Waals surface area contributed by atoms with E-state index in [1.165, 1.54) is 0 Å². The van der Waals surface area contributed by atoms with Crippen LogP contribution in [-0.2, 0) is 4.79 Å². The van der Waals surface area contributed by atoms with Crippen LogP contribution in [0.2, 0.25) is 0 Å². The molecule has 0 bridgehead atoms. The van der Waals surface area contributed by atoms with Gasteiger partial charge in [0, 0.05) is 18.2 Å². The number of ether oxygens (including phenoxy) is 1. The quantitative estimate of drug-likeness (QED) is 0.717. The van der Waals surface area contributed by atoms with Crippen LogP contribution in [0.1, 0.15) is 31.0 Å². The first-order valence-corrected chi connectivity index (χ1v) is 6.92. The van der Waals surface area contributed by atoms with Gasteiger partial charge in [0.05, 0.1) is 0 Å². The molecule has 2 N–H and O–H groups in total. The van der Waals surface area contributed by atoms with Crippen LogP contribution in [0.25, 0.3) is 0 Å². The number of nitrogens with one attached hydrogen (secondary N) is 2. The van der Waals surface area contributed by atoms with E-state index < -0.39 is 0 Å². The summed E-state index contributed by atoms with van der Waals surface area (Å²) in [7, 11) is 0. The second-order valence-electron chi connectivity index (χ2n) is 4.70. The van der Waals surface area contributed by atoms with E-state index in [1.54, 1.807) is 6.08 Å². The monoisotopic (exact) mass is 276 g/mol. The summed E-state index contributed by atoms with van der Waals surface area (Å²) in [4.78, 5) is 11.6. The van der Waals surface area contributed by atoms with Gasteiger partial charge in [0.1, 0.15) is 5.75 Å². The molecule has 0 heterocycles. The van der Waals surface area contributed by atoms with Gasteiger partial charge in [-0.25, -0.2) is 0 Å².